The molecule has 1 atom stereocenters. The number of nitrogens with one attached hydrogen (secondary N) is 1. The second-order valence-electron chi connectivity index (χ2n) is 4.23. The molecule has 1 heterocycles. The van der Waals surface area contributed by atoms with E-state index in [4.69, 9.17) is 4.74 Å². The van der Waals surface area contributed by atoms with Crippen LogP contribution in [0.2, 0.25) is 0 Å². The number of rotatable bonds is 4. The Bertz CT molecular complexity index is 518. The first kappa shape index (κ1) is 13.3. The lowest BCUT2D eigenvalue weighted by molar-refractivity contribution is -0.385. The minimum Gasteiger partial charge on any atom is -0.490 e. The summed E-state index contributed by atoms with van der Waals surface area (Å²) in [4.78, 5) is 24.0. The molecule has 1 fully saturated rings. The molecule has 0 bridgehead atoms. The third kappa shape index (κ3) is 2.37. The van der Waals surface area contributed by atoms with Gasteiger partial charge in [-0.15, -0.1) is 0 Å². The molecule has 1 aromatic rings. The molecule has 0 spiro atoms. The van der Waals surface area contributed by atoms with Crippen molar-refractivity contribution in [3.05, 3.63) is 28.3 Å². The molecule has 102 valence electrons. The van der Waals surface area contributed by atoms with Gasteiger partial charge in [0.2, 0.25) is 5.91 Å². The van der Waals surface area contributed by atoms with Crippen LogP contribution in [0.1, 0.15) is 6.42 Å². The average molecular weight is 265 g/mol. The molecule has 1 amide bonds. The zero-order valence-electron chi connectivity index (χ0n) is 10.8. The molecular formula is C12H15N3O4. The van der Waals surface area contributed by atoms with Crippen molar-refractivity contribution in [1.82, 2.24) is 5.32 Å². The summed E-state index contributed by atoms with van der Waals surface area (Å²) in [5.74, 6) is 0.118. The third-order valence-corrected chi connectivity index (χ3v) is 3.22. The van der Waals surface area contributed by atoms with E-state index in [0.29, 0.717) is 18.7 Å². The number of anilines is 1. The van der Waals surface area contributed by atoms with Gasteiger partial charge >= 0.3 is 5.69 Å². The third-order valence-electron chi connectivity index (χ3n) is 3.22. The Kier molecular flexibility index (Phi) is 3.66. The van der Waals surface area contributed by atoms with E-state index in [9.17, 15) is 14.9 Å². The maximum absolute atomic E-state index is 12.0. The number of nitrogens with zero attached hydrogens (tertiary/aromatic N) is 2. The predicted molar refractivity (Wildman–Crippen MR) is 69.5 cm³/mol. The van der Waals surface area contributed by atoms with Crippen LogP contribution in [-0.4, -0.2) is 37.6 Å². The highest BCUT2D eigenvalue weighted by molar-refractivity contribution is 5.99. The van der Waals surface area contributed by atoms with Crippen LogP contribution in [0.3, 0.4) is 0 Å². The van der Waals surface area contributed by atoms with Crippen molar-refractivity contribution in [2.24, 2.45) is 0 Å². The molecule has 1 aliphatic rings. The van der Waals surface area contributed by atoms with Crippen LogP contribution < -0.4 is 15.0 Å². The maximum Gasteiger partial charge on any atom is 0.312 e. The largest absolute Gasteiger partial charge is 0.490 e. The molecule has 1 aromatic carbocycles. The van der Waals surface area contributed by atoms with Gasteiger partial charge in [-0.2, -0.15) is 0 Å². The van der Waals surface area contributed by atoms with Crippen LogP contribution in [0.15, 0.2) is 18.2 Å². The van der Waals surface area contributed by atoms with E-state index in [2.05, 4.69) is 5.32 Å². The number of carbonyl (C=O) groups excluding carboxylic acids is 1. The highest BCUT2D eigenvalue weighted by Crippen LogP contribution is 2.32. The lowest BCUT2D eigenvalue weighted by Crippen LogP contribution is -2.36. The van der Waals surface area contributed by atoms with Gasteiger partial charge in [-0.1, -0.05) is 0 Å². The number of amides is 1. The number of nitro groups is 1. The van der Waals surface area contributed by atoms with E-state index in [0.717, 1.165) is 0 Å². The van der Waals surface area contributed by atoms with Crippen LogP contribution in [0.25, 0.3) is 0 Å². The molecule has 19 heavy (non-hydrogen) atoms. The first-order valence-corrected chi connectivity index (χ1v) is 5.89. The van der Waals surface area contributed by atoms with Crippen LogP contribution in [0, 0.1) is 10.1 Å². The Labute approximate surface area is 110 Å². The monoisotopic (exact) mass is 265 g/mol. The fraction of sp³-hybridized carbons (Fsp3) is 0.417. The van der Waals surface area contributed by atoms with Crippen molar-refractivity contribution in [2.75, 3.05) is 25.6 Å². The van der Waals surface area contributed by atoms with E-state index in [1.165, 1.54) is 19.2 Å². The van der Waals surface area contributed by atoms with Crippen LogP contribution >= 0.6 is 0 Å². The van der Waals surface area contributed by atoms with Gasteiger partial charge in [0.15, 0.2) is 5.75 Å². The van der Waals surface area contributed by atoms with E-state index in [1.54, 1.807) is 18.0 Å². The normalized spacial score (nSPS) is 18.7. The van der Waals surface area contributed by atoms with E-state index < -0.39 is 4.92 Å². The fourth-order valence-electron chi connectivity index (χ4n) is 2.19. The summed E-state index contributed by atoms with van der Waals surface area (Å²) in [7, 11) is 3.10. The minimum atomic E-state index is -0.515. The first-order valence-electron chi connectivity index (χ1n) is 5.89. The van der Waals surface area contributed by atoms with E-state index >= 15 is 0 Å². The average Bonchev–Trinajstić information content (AvgIpc) is 2.79. The zero-order chi connectivity index (χ0) is 14.0. The number of methoxy groups -OCH3 is 1. The Morgan fingerprint density at radius 2 is 2.26 bits per heavy atom. The molecule has 0 aromatic heterocycles. The molecule has 1 saturated heterocycles. The molecule has 7 nitrogen and oxygen atoms in total. The van der Waals surface area contributed by atoms with Crippen LogP contribution in [0.4, 0.5) is 11.4 Å². The Morgan fingerprint density at radius 3 is 2.79 bits per heavy atom. The summed E-state index contributed by atoms with van der Waals surface area (Å²) < 4.78 is 4.94. The Balaban J connectivity index is 2.34. The zero-order valence-corrected chi connectivity index (χ0v) is 10.8. The number of hydrogen-bond acceptors (Lipinski definition) is 5. The molecule has 0 radical (unpaired) electrons. The van der Waals surface area contributed by atoms with Gasteiger partial charge in [0.05, 0.1) is 23.8 Å². The summed E-state index contributed by atoms with van der Waals surface area (Å²) in [5.41, 5.74) is 0.385. The molecular weight excluding hydrogens is 250 g/mol. The van der Waals surface area contributed by atoms with Gasteiger partial charge < -0.3 is 15.0 Å². The number of ether oxygens (including phenoxy) is 1. The molecule has 1 unspecified atom stereocenters. The van der Waals surface area contributed by atoms with Crippen molar-refractivity contribution < 1.29 is 14.5 Å². The number of benzene rings is 1. The SMILES string of the molecule is CNC1CCN(c2ccc(OC)c([N+](=O)[O-])c2)C1=O. The molecule has 1 N–H and O–H groups in total. The van der Waals surface area contributed by atoms with Gasteiger partial charge in [0.25, 0.3) is 0 Å². The molecule has 0 saturated carbocycles. The van der Waals surface area contributed by atoms with Gasteiger partial charge in [-0.3, -0.25) is 14.9 Å². The number of carbonyl (C=O) groups is 1. The predicted octanol–water partition coefficient (Wildman–Crippen LogP) is 0.928. The van der Waals surface area contributed by atoms with Crippen LogP contribution in [-0.2, 0) is 4.79 Å². The topological polar surface area (TPSA) is 84.7 Å². The van der Waals surface area contributed by atoms with Crippen molar-refractivity contribution >= 4 is 17.3 Å². The number of likely N-dealkylation sites (N-methyl/N-ethyl adjacent to an activating group) is 1. The van der Waals surface area contributed by atoms with E-state index in [-0.39, 0.29) is 23.4 Å². The van der Waals surface area contributed by atoms with Crippen LogP contribution in [0.5, 0.6) is 5.75 Å². The van der Waals surface area contributed by atoms with Gasteiger partial charge in [0.1, 0.15) is 0 Å². The summed E-state index contributed by atoms with van der Waals surface area (Å²) >= 11 is 0. The van der Waals surface area contributed by atoms with Crippen molar-refractivity contribution in [2.45, 2.75) is 12.5 Å². The first-order chi connectivity index (χ1) is 9.08. The summed E-state index contributed by atoms with van der Waals surface area (Å²) in [6.45, 7) is 0.549. The number of nitro benzene ring substituents is 1. The van der Waals surface area contributed by atoms with Gasteiger partial charge in [0, 0.05) is 12.6 Å². The Morgan fingerprint density at radius 1 is 1.53 bits per heavy atom. The Hall–Kier alpha value is -2.15. The summed E-state index contributed by atoms with van der Waals surface area (Å²) in [5, 5.41) is 13.9. The minimum absolute atomic E-state index is 0.0676. The lowest BCUT2D eigenvalue weighted by atomic mass is 10.2. The second-order valence-corrected chi connectivity index (χ2v) is 4.23. The number of hydrogen-bond donors (Lipinski definition) is 1. The van der Waals surface area contributed by atoms with E-state index in [1.807, 2.05) is 0 Å². The summed E-state index contributed by atoms with van der Waals surface area (Å²) in [6.07, 6.45) is 0.690. The van der Waals surface area contributed by atoms with Crippen molar-refractivity contribution in [3.63, 3.8) is 0 Å². The quantitative estimate of drug-likeness (QED) is 0.646. The highest BCUT2D eigenvalue weighted by Gasteiger charge is 2.32. The summed E-state index contributed by atoms with van der Waals surface area (Å²) in [6, 6.07) is 4.31. The fourth-order valence-corrected chi connectivity index (χ4v) is 2.19. The second kappa shape index (κ2) is 5.23. The molecule has 0 aliphatic carbocycles. The van der Waals surface area contributed by atoms with Crippen molar-refractivity contribution in [1.29, 1.82) is 0 Å². The van der Waals surface area contributed by atoms with Crippen molar-refractivity contribution in [3.8, 4) is 5.75 Å². The van der Waals surface area contributed by atoms with Gasteiger partial charge in [-0.25, -0.2) is 0 Å². The molecule has 2 rings (SSSR count). The molecule has 7 heteroatoms. The maximum atomic E-state index is 12.0. The standard InChI is InChI=1S/C12H15N3O4/c1-13-9-5-6-14(12(9)16)8-3-4-11(19-2)10(7-8)15(17)18/h3-4,7,9,13H,5-6H2,1-2H3. The molecule has 1 aliphatic heterocycles. The smallest absolute Gasteiger partial charge is 0.312 e. The lowest BCUT2D eigenvalue weighted by Gasteiger charge is -2.17. The van der Waals surface area contributed by atoms with Gasteiger partial charge in [-0.05, 0) is 25.6 Å². The highest BCUT2D eigenvalue weighted by atomic mass is 16.6.